The molecule has 4 rings (SSSR count). The predicted octanol–water partition coefficient (Wildman–Crippen LogP) is 4.31. The first kappa shape index (κ1) is 11.6. The third kappa shape index (κ3) is 1.80. The number of imidazole rings is 1. The zero-order chi connectivity index (χ0) is 13.5. The van der Waals surface area contributed by atoms with E-state index in [1.165, 1.54) is 0 Å². The molecule has 0 bridgehead atoms. The van der Waals surface area contributed by atoms with Crippen LogP contribution in [0.1, 0.15) is 0 Å². The van der Waals surface area contributed by atoms with Crippen molar-refractivity contribution in [1.82, 2.24) is 14.4 Å². The summed E-state index contributed by atoms with van der Waals surface area (Å²) in [4.78, 5) is 8.94. The van der Waals surface area contributed by atoms with Gasteiger partial charge in [0.1, 0.15) is 5.65 Å². The molecule has 0 fully saturated rings. The molecule has 0 amide bonds. The van der Waals surface area contributed by atoms with Crippen molar-refractivity contribution in [3.63, 3.8) is 0 Å². The highest BCUT2D eigenvalue weighted by Crippen LogP contribution is 2.24. The second-order valence-electron chi connectivity index (χ2n) is 4.64. The second-order valence-corrected chi connectivity index (χ2v) is 5.55. The minimum atomic E-state index is 0.927. The van der Waals surface area contributed by atoms with Crippen LogP contribution in [0.15, 0.2) is 65.5 Å². The normalized spacial score (nSPS) is 11.2. The number of halogens is 1. The Morgan fingerprint density at radius 3 is 2.80 bits per heavy atom. The SMILES string of the molecule is Brc1ccc2ncc(-c3cnc4ccccc4c3)n2c1. The van der Waals surface area contributed by atoms with E-state index in [-0.39, 0.29) is 0 Å². The zero-order valence-corrected chi connectivity index (χ0v) is 12.1. The Balaban J connectivity index is 1.98. The monoisotopic (exact) mass is 323 g/mol. The van der Waals surface area contributed by atoms with Crippen LogP contribution in [-0.4, -0.2) is 14.4 Å². The van der Waals surface area contributed by atoms with Crippen LogP contribution in [0.5, 0.6) is 0 Å². The molecular formula is C16H10BrN3. The van der Waals surface area contributed by atoms with Crippen molar-refractivity contribution < 1.29 is 0 Å². The minimum absolute atomic E-state index is 0.927. The quantitative estimate of drug-likeness (QED) is 0.522. The molecule has 96 valence electrons. The van der Waals surface area contributed by atoms with Crippen LogP contribution >= 0.6 is 15.9 Å². The summed E-state index contributed by atoms with van der Waals surface area (Å²) in [5.41, 5.74) is 4.04. The molecule has 0 aliphatic heterocycles. The van der Waals surface area contributed by atoms with Crippen molar-refractivity contribution in [1.29, 1.82) is 0 Å². The van der Waals surface area contributed by atoms with Gasteiger partial charge >= 0.3 is 0 Å². The van der Waals surface area contributed by atoms with Crippen LogP contribution in [0.2, 0.25) is 0 Å². The number of benzene rings is 1. The number of hydrogen-bond acceptors (Lipinski definition) is 2. The molecular weight excluding hydrogens is 314 g/mol. The highest BCUT2D eigenvalue weighted by molar-refractivity contribution is 9.10. The lowest BCUT2D eigenvalue weighted by Gasteiger charge is -2.04. The molecule has 0 atom stereocenters. The van der Waals surface area contributed by atoms with Gasteiger partial charge in [-0.3, -0.25) is 9.38 Å². The fraction of sp³-hybridized carbons (Fsp3) is 0. The van der Waals surface area contributed by atoms with Gasteiger partial charge < -0.3 is 0 Å². The summed E-state index contributed by atoms with van der Waals surface area (Å²) < 4.78 is 3.09. The molecule has 3 aromatic heterocycles. The molecule has 4 heteroatoms. The van der Waals surface area contributed by atoms with E-state index in [9.17, 15) is 0 Å². The number of hydrogen-bond donors (Lipinski definition) is 0. The number of para-hydroxylation sites is 1. The second kappa shape index (κ2) is 4.42. The van der Waals surface area contributed by atoms with E-state index in [4.69, 9.17) is 0 Å². The van der Waals surface area contributed by atoms with Crippen LogP contribution in [0.25, 0.3) is 27.8 Å². The smallest absolute Gasteiger partial charge is 0.137 e. The summed E-state index contributed by atoms with van der Waals surface area (Å²) in [5.74, 6) is 0. The van der Waals surface area contributed by atoms with Crippen LogP contribution in [0, 0.1) is 0 Å². The van der Waals surface area contributed by atoms with E-state index >= 15 is 0 Å². The molecule has 0 unspecified atom stereocenters. The highest BCUT2D eigenvalue weighted by Gasteiger charge is 2.07. The van der Waals surface area contributed by atoms with Crippen molar-refractivity contribution in [2.24, 2.45) is 0 Å². The lowest BCUT2D eigenvalue weighted by atomic mass is 10.1. The van der Waals surface area contributed by atoms with Crippen molar-refractivity contribution in [3.8, 4) is 11.3 Å². The number of pyridine rings is 2. The molecule has 0 aliphatic rings. The minimum Gasteiger partial charge on any atom is -0.298 e. The molecule has 0 aliphatic carbocycles. The molecule has 0 spiro atoms. The average Bonchev–Trinajstić information content (AvgIpc) is 2.89. The Bertz CT molecular complexity index is 927. The molecule has 20 heavy (non-hydrogen) atoms. The number of nitrogens with zero attached hydrogens (tertiary/aromatic N) is 3. The zero-order valence-electron chi connectivity index (χ0n) is 10.5. The number of fused-ring (bicyclic) bond motifs is 2. The maximum atomic E-state index is 4.51. The van der Waals surface area contributed by atoms with Crippen LogP contribution < -0.4 is 0 Å². The largest absolute Gasteiger partial charge is 0.298 e. The van der Waals surface area contributed by atoms with Gasteiger partial charge in [0, 0.05) is 27.8 Å². The van der Waals surface area contributed by atoms with Crippen LogP contribution in [-0.2, 0) is 0 Å². The van der Waals surface area contributed by atoms with Crippen molar-refractivity contribution in [3.05, 3.63) is 65.5 Å². The predicted molar refractivity (Wildman–Crippen MR) is 83.6 cm³/mol. The van der Waals surface area contributed by atoms with Gasteiger partial charge in [-0.2, -0.15) is 0 Å². The molecule has 4 aromatic rings. The number of aromatic nitrogens is 3. The lowest BCUT2D eigenvalue weighted by Crippen LogP contribution is -1.89. The summed E-state index contributed by atoms with van der Waals surface area (Å²) in [6.45, 7) is 0. The van der Waals surface area contributed by atoms with Gasteiger partial charge in [-0.05, 0) is 40.2 Å². The Kier molecular flexibility index (Phi) is 2.57. The van der Waals surface area contributed by atoms with E-state index < -0.39 is 0 Å². The lowest BCUT2D eigenvalue weighted by molar-refractivity contribution is 1.18. The molecule has 1 aromatic carbocycles. The fourth-order valence-electron chi connectivity index (χ4n) is 2.38. The standard InChI is InChI=1S/C16H10BrN3/c17-13-5-6-16-19-9-15(20(16)10-13)12-7-11-3-1-2-4-14(11)18-8-12/h1-10H. The van der Waals surface area contributed by atoms with Gasteiger partial charge in [0.2, 0.25) is 0 Å². The maximum absolute atomic E-state index is 4.51. The molecule has 3 nitrogen and oxygen atoms in total. The molecule has 0 saturated carbocycles. The van der Waals surface area contributed by atoms with Gasteiger partial charge in [-0.1, -0.05) is 18.2 Å². The Hall–Kier alpha value is -2.20. The molecule has 0 radical (unpaired) electrons. The highest BCUT2D eigenvalue weighted by atomic mass is 79.9. The third-order valence-corrected chi connectivity index (χ3v) is 3.82. The Morgan fingerprint density at radius 2 is 1.85 bits per heavy atom. The first-order valence-electron chi connectivity index (χ1n) is 6.29. The number of rotatable bonds is 1. The topological polar surface area (TPSA) is 30.2 Å². The summed E-state index contributed by atoms with van der Waals surface area (Å²) in [6, 6.07) is 14.2. The van der Waals surface area contributed by atoms with E-state index in [0.29, 0.717) is 0 Å². The molecule has 3 heterocycles. The third-order valence-electron chi connectivity index (χ3n) is 3.36. The maximum Gasteiger partial charge on any atom is 0.137 e. The first-order valence-corrected chi connectivity index (χ1v) is 7.08. The van der Waals surface area contributed by atoms with Crippen molar-refractivity contribution >= 4 is 32.5 Å². The van der Waals surface area contributed by atoms with E-state index in [1.54, 1.807) is 0 Å². The van der Waals surface area contributed by atoms with Crippen molar-refractivity contribution in [2.45, 2.75) is 0 Å². The van der Waals surface area contributed by atoms with E-state index in [0.717, 1.165) is 32.3 Å². The molecule has 0 saturated heterocycles. The van der Waals surface area contributed by atoms with Crippen molar-refractivity contribution in [2.75, 3.05) is 0 Å². The van der Waals surface area contributed by atoms with Gasteiger partial charge in [-0.15, -0.1) is 0 Å². The summed E-state index contributed by atoms with van der Waals surface area (Å²) in [7, 11) is 0. The van der Waals surface area contributed by atoms with Gasteiger partial charge in [0.25, 0.3) is 0 Å². The first-order chi connectivity index (χ1) is 9.81. The van der Waals surface area contributed by atoms with Crippen LogP contribution in [0.3, 0.4) is 0 Å². The van der Waals surface area contributed by atoms with Crippen LogP contribution in [0.4, 0.5) is 0 Å². The van der Waals surface area contributed by atoms with Gasteiger partial charge in [0.15, 0.2) is 0 Å². The average molecular weight is 324 g/mol. The van der Waals surface area contributed by atoms with E-state index in [2.05, 4.69) is 42.4 Å². The summed E-state index contributed by atoms with van der Waals surface area (Å²) >= 11 is 3.50. The Labute approximate surface area is 124 Å². The summed E-state index contributed by atoms with van der Waals surface area (Å²) in [5, 5.41) is 1.13. The van der Waals surface area contributed by atoms with E-state index in [1.807, 2.05) is 48.9 Å². The molecule has 0 N–H and O–H groups in total. The fourth-order valence-corrected chi connectivity index (χ4v) is 2.72. The van der Waals surface area contributed by atoms with Gasteiger partial charge in [0.05, 0.1) is 17.4 Å². The van der Waals surface area contributed by atoms with Gasteiger partial charge in [-0.25, -0.2) is 4.98 Å². The summed E-state index contributed by atoms with van der Waals surface area (Å²) in [6.07, 6.45) is 5.80. The Morgan fingerprint density at radius 1 is 0.950 bits per heavy atom.